The van der Waals surface area contributed by atoms with E-state index in [1.807, 2.05) is 23.6 Å². The van der Waals surface area contributed by atoms with E-state index < -0.39 is 0 Å². The van der Waals surface area contributed by atoms with Crippen molar-refractivity contribution in [1.82, 2.24) is 15.2 Å². The Balaban J connectivity index is 1.46. The van der Waals surface area contributed by atoms with Gasteiger partial charge in [-0.15, -0.1) is 11.3 Å². The molecule has 1 aromatic carbocycles. The molecule has 1 saturated heterocycles. The number of hydrogen-bond acceptors (Lipinski definition) is 6. The van der Waals surface area contributed by atoms with Crippen LogP contribution in [0.1, 0.15) is 38.3 Å². The number of carbonyl (C=O) groups is 1. The minimum Gasteiger partial charge on any atom is -0.493 e. The smallest absolute Gasteiger partial charge is 0.226 e. The maximum atomic E-state index is 12.3. The summed E-state index contributed by atoms with van der Waals surface area (Å²) in [6.07, 6.45) is 5.22. The van der Waals surface area contributed by atoms with Gasteiger partial charge in [-0.05, 0) is 50.9 Å². The van der Waals surface area contributed by atoms with E-state index >= 15 is 0 Å². The van der Waals surface area contributed by atoms with Gasteiger partial charge in [-0.25, -0.2) is 4.98 Å². The average Bonchev–Trinajstić information content (AvgIpc) is 3.20. The lowest BCUT2D eigenvalue weighted by atomic mass is 10.0. The summed E-state index contributed by atoms with van der Waals surface area (Å²) in [5, 5.41) is 5.84. The van der Waals surface area contributed by atoms with Crippen molar-refractivity contribution in [2.75, 3.05) is 33.9 Å². The van der Waals surface area contributed by atoms with E-state index in [2.05, 4.69) is 22.1 Å². The fourth-order valence-electron chi connectivity index (χ4n) is 3.72. The van der Waals surface area contributed by atoms with E-state index in [-0.39, 0.29) is 5.91 Å². The Kier molecular flexibility index (Phi) is 7.89. The molecule has 0 radical (unpaired) electrons. The summed E-state index contributed by atoms with van der Waals surface area (Å²) < 4.78 is 10.6. The molecule has 2 heterocycles. The topological polar surface area (TPSA) is 63.7 Å². The lowest BCUT2D eigenvalue weighted by molar-refractivity contribution is -0.120. The molecule has 1 N–H and O–H groups in total. The molecule has 158 valence electrons. The largest absolute Gasteiger partial charge is 0.493 e. The quantitative estimate of drug-likeness (QED) is 0.630. The average molecular weight is 418 g/mol. The molecule has 1 aliphatic rings. The van der Waals surface area contributed by atoms with Gasteiger partial charge in [-0.1, -0.05) is 6.42 Å². The van der Waals surface area contributed by atoms with Crippen LogP contribution >= 0.6 is 11.3 Å². The van der Waals surface area contributed by atoms with Crippen LogP contribution in [-0.4, -0.2) is 55.7 Å². The van der Waals surface area contributed by atoms with Gasteiger partial charge in [0.2, 0.25) is 5.91 Å². The number of benzene rings is 1. The predicted molar refractivity (Wildman–Crippen MR) is 117 cm³/mol. The van der Waals surface area contributed by atoms with Crippen molar-refractivity contribution in [3.63, 3.8) is 0 Å². The lowest BCUT2D eigenvalue weighted by Crippen LogP contribution is -2.39. The highest BCUT2D eigenvalue weighted by Crippen LogP contribution is 2.33. The summed E-state index contributed by atoms with van der Waals surface area (Å²) in [6.45, 7) is 5.26. The number of nitrogens with one attached hydrogen (secondary N) is 1. The van der Waals surface area contributed by atoms with Crippen molar-refractivity contribution >= 4 is 17.2 Å². The number of aromatic nitrogens is 1. The third-order valence-electron chi connectivity index (χ3n) is 5.41. The Hall–Kier alpha value is -2.12. The van der Waals surface area contributed by atoms with Crippen LogP contribution < -0.4 is 14.8 Å². The van der Waals surface area contributed by atoms with E-state index in [9.17, 15) is 4.79 Å². The maximum absolute atomic E-state index is 12.3. The number of ether oxygens (including phenoxy) is 2. The highest BCUT2D eigenvalue weighted by atomic mass is 32.1. The number of carbonyl (C=O) groups excluding carboxylic acids is 1. The van der Waals surface area contributed by atoms with Crippen LogP contribution in [0.3, 0.4) is 0 Å². The van der Waals surface area contributed by atoms with E-state index in [0.29, 0.717) is 30.5 Å². The zero-order valence-corrected chi connectivity index (χ0v) is 18.4. The van der Waals surface area contributed by atoms with Gasteiger partial charge in [0.15, 0.2) is 11.5 Å². The van der Waals surface area contributed by atoms with Crippen LogP contribution in [0.5, 0.6) is 11.5 Å². The van der Waals surface area contributed by atoms with Gasteiger partial charge in [0.25, 0.3) is 0 Å². The van der Waals surface area contributed by atoms with Crippen LogP contribution in [0.25, 0.3) is 10.6 Å². The molecule has 1 aromatic heterocycles. The summed E-state index contributed by atoms with van der Waals surface area (Å²) in [5.74, 6) is 1.38. The van der Waals surface area contributed by atoms with Crippen LogP contribution in [0.4, 0.5) is 0 Å². The summed E-state index contributed by atoms with van der Waals surface area (Å²) in [7, 11) is 3.23. The standard InChI is InChI=1S/C22H31N3O3S/c1-16-7-4-5-11-25(16)12-6-10-23-21(26)14-18-15-29-22(24-18)17-8-9-19(27-2)20(13-17)28-3/h8-9,13,15-16H,4-7,10-12,14H2,1-3H3,(H,23,26). The monoisotopic (exact) mass is 417 g/mol. The highest BCUT2D eigenvalue weighted by Gasteiger charge is 2.17. The van der Waals surface area contributed by atoms with Crippen LogP contribution in [0.2, 0.25) is 0 Å². The molecule has 1 atom stereocenters. The van der Waals surface area contributed by atoms with Crippen molar-refractivity contribution in [3.8, 4) is 22.1 Å². The number of nitrogens with zero attached hydrogens (tertiary/aromatic N) is 2. The fourth-order valence-corrected chi connectivity index (χ4v) is 4.53. The Bertz CT molecular complexity index is 808. The molecule has 2 aromatic rings. The van der Waals surface area contributed by atoms with Crippen molar-refractivity contribution in [2.45, 2.75) is 45.1 Å². The van der Waals surface area contributed by atoms with Crippen LogP contribution in [0.15, 0.2) is 23.6 Å². The van der Waals surface area contributed by atoms with Crippen molar-refractivity contribution in [3.05, 3.63) is 29.3 Å². The number of likely N-dealkylation sites (tertiary alicyclic amines) is 1. The van der Waals surface area contributed by atoms with E-state index in [4.69, 9.17) is 9.47 Å². The first-order valence-corrected chi connectivity index (χ1v) is 11.2. The van der Waals surface area contributed by atoms with Crippen molar-refractivity contribution in [2.24, 2.45) is 0 Å². The molecule has 0 saturated carbocycles. The minimum atomic E-state index is 0.0286. The normalized spacial score (nSPS) is 17.1. The number of rotatable bonds is 9. The number of thiazole rings is 1. The van der Waals surface area contributed by atoms with Gasteiger partial charge in [-0.2, -0.15) is 0 Å². The van der Waals surface area contributed by atoms with Crippen molar-refractivity contribution in [1.29, 1.82) is 0 Å². The molecule has 0 spiro atoms. The summed E-state index contributed by atoms with van der Waals surface area (Å²) >= 11 is 1.53. The first-order chi connectivity index (χ1) is 14.1. The molecule has 1 aliphatic heterocycles. The van der Waals surface area contributed by atoms with E-state index in [1.54, 1.807) is 14.2 Å². The van der Waals surface area contributed by atoms with Gasteiger partial charge in [0, 0.05) is 30.1 Å². The zero-order chi connectivity index (χ0) is 20.6. The molecular weight excluding hydrogens is 386 g/mol. The summed E-state index contributed by atoms with van der Waals surface area (Å²) in [4.78, 5) is 19.4. The summed E-state index contributed by atoms with van der Waals surface area (Å²) in [5.41, 5.74) is 1.75. The van der Waals surface area contributed by atoms with E-state index in [0.717, 1.165) is 29.2 Å². The number of methoxy groups -OCH3 is 2. The minimum absolute atomic E-state index is 0.0286. The molecule has 1 unspecified atom stereocenters. The number of piperidine rings is 1. The Morgan fingerprint density at radius 2 is 2.10 bits per heavy atom. The molecule has 0 aliphatic carbocycles. The molecule has 1 fully saturated rings. The second-order valence-corrected chi connectivity index (χ2v) is 8.33. The third kappa shape index (κ3) is 5.93. The molecule has 6 nitrogen and oxygen atoms in total. The summed E-state index contributed by atoms with van der Waals surface area (Å²) in [6, 6.07) is 6.39. The first kappa shape index (κ1) is 21.6. The highest BCUT2D eigenvalue weighted by molar-refractivity contribution is 7.13. The Morgan fingerprint density at radius 1 is 1.28 bits per heavy atom. The molecule has 29 heavy (non-hydrogen) atoms. The molecule has 3 rings (SSSR count). The van der Waals surface area contributed by atoms with Crippen LogP contribution in [0, 0.1) is 0 Å². The number of hydrogen-bond donors (Lipinski definition) is 1. The molecule has 1 amide bonds. The molecule has 7 heteroatoms. The third-order valence-corrected chi connectivity index (χ3v) is 6.35. The van der Waals surface area contributed by atoms with Gasteiger partial charge in [0.1, 0.15) is 5.01 Å². The van der Waals surface area contributed by atoms with Gasteiger partial charge in [0.05, 0.1) is 26.3 Å². The molecule has 0 bridgehead atoms. The van der Waals surface area contributed by atoms with Crippen LogP contribution in [-0.2, 0) is 11.2 Å². The predicted octanol–water partition coefficient (Wildman–Crippen LogP) is 3.75. The first-order valence-electron chi connectivity index (χ1n) is 10.3. The molecular formula is C22H31N3O3S. The fraction of sp³-hybridized carbons (Fsp3) is 0.545. The second kappa shape index (κ2) is 10.6. The lowest BCUT2D eigenvalue weighted by Gasteiger charge is -2.33. The van der Waals surface area contributed by atoms with Crippen molar-refractivity contribution < 1.29 is 14.3 Å². The SMILES string of the molecule is COc1ccc(-c2nc(CC(=O)NCCCN3CCCCC3C)cs2)cc1OC. The Labute approximate surface area is 177 Å². The maximum Gasteiger partial charge on any atom is 0.226 e. The van der Waals surface area contributed by atoms with E-state index in [1.165, 1.54) is 37.1 Å². The number of amides is 1. The van der Waals surface area contributed by atoms with Gasteiger partial charge in [-0.3, -0.25) is 4.79 Å². The van der Waals surface area contributed by atoms with Gasteiger partial charge < -0.3 is 19.7 Å². The van der Waals surface area contributed by atoms with Gasteiger partial charge >= 0.3 is 0 Å². The zero-order valence-electron chi connectivity index (χ0n) is 17.6. The Morgan fingerprint density at radius 3 is 2.86 bits per heavy atom. The second-order valence-electron chi connectivity index (χ2n) is 7.47.